The quantitative estimate of drug-likeness (QED) is 0.489. The Morgan fingerprint density at radius 2 is 2.10 bits per heavy atom. The van der Waals surface area contributed by atoms with Gasteiger partial charge >= 0.3 is 5.97 Å². The topological polar surface area (TPSA) is 83.7 Å². The van der Waals surface area contributed by atoms with Crippen molar-refractivity contribution in [1.29, 1.82) is 0 Å². The molecule has 0 radical (unpaired) electrons. The number of thioether (sulfide) groups is 1. The zero-order valence-corrected chi connectivity index (χ0v) is 12.8. The summed E-state index contributed by atoms with van der Waals surface area (Å²) in [6, 6.07) is 3.07. The number of hydrogen-bond acceptors (Lipinski definition) is 5. The lowest BCUT2D eigenvalue weighted by molar-refractivity contribution is -0.387. The number of anilines is 1. The maximum Gasteiger partial charge on any atom is 0.304 e. The molecule has 1 fully saturated rings. The predicted octanol–water partition coefficient (Wildman–Crippen LogP) is 3.42. The molecule has 8 heteroatoms. The molecule has 1 saturated heterocycles. The van der Waals surface area contributed by atoms with Crippen LogP contribution in [0.5, 0.6) is 0 Å². The van der Waals surface area contributed by atoms with Crippen molar-refractivity contribution in [2.24, 2.45) is 0 Å². The van der Waals surface area contributed by atoms with Crippen LogP contribution in [-0.2, 0) is 4.79 Å². The minimum atomic E-state index is -0.918. The second-order valence-electron chi connectivity index (χ2n) is 4.71. The molecule has 1 heterocycles. The highest BCUT2D eigenvalue weighted by molar-refractivity contribution is 7.99. The third-order valence-electron chi connectivity index (χ3n) is 3.25. The van der Waals surface area contributed by atoms with E-state index < -0.39 is 10.9 Å². The molecule has 0 spiro atoms. The van der Waals surface area contributed by atoms with Crippen molar-refractivity contribution in [3.05, 3.63) is 27.3 Å². The molecule has 1 N–H and O–H groups in total. The Bertz CT molecular complexity index is 561. The van der Waals surface area contributed by atoms with Crippen LogP contribution in [-0.4, -0.2) is 34.8 Å². The van der Waals surface area contributed by atoms with Gasteiger partial charge < -0.3 is 10.0 Å². The van der Waals surface area contributed by atoms with Gasteiger partial charge in [-0.25, -0.2) is 0 Å². The van der Waals surface area contributed by atoms with Gasteiger partial charge in [0.1, 0.15) is 0 Å². The highest BCUT2D eigenvalue weighted by atomic mass is 35.5. The van der Waals surface area contributed by atoms with Crippen molar-refractivity contribution >= 4 is 40.7 Å². The summed E-state index contributed by atoms with van der Waals surface area (Å²) in [6.07, 6.45) is 2.12. The first-order chi connectivity index (χ1) is 9.99. The van der Waals surface area contributed by atoms with Crippen molar-refractivity contribution in [2.75, 3.05) is 23.7 Å². The van der Waals surface area contributed by atoms with E-state index in [-0.39, 0.29) is 17.9 Å². The summed E-state index contributed by atoms with van der Waals surface area (Å²) in [6.45, 7) is 1.77. The molecule has 114 valence electrons. The molecule has 1 aromatic rings. The maximum atomic E-state index is 11.1. The third kappa shape index (κ3) is 4.01. The number of benzene rings is 1. The Balaban J connectivity index is 2.27. The molecule has 1 aliphatic rings. The van der Waals surface area contributed by atoms with Crippen LogP contribution in [0.2, 0.25) is 5.02 Å². The van der Waals surface area contributed by atoms with Gasteiger partial charge in [-0.1, -0.05) is 11.6 Å². The lowest BCUT2D eigenvalue weighted by Gasteiger charge is -2.20. The number of carboxylic acid groups (broad SMARTS) is 1. The molecule has 0 aliphatic carbocycles. The Morgan fingerprint density at radius 3 is 2.67 bits per heavy atom. The van der Waals surface area contributed by atoms with E-state index in [4.69, 9.17) is 16.7 Å². The van der Waals surface area contributed by atoms with Gasteiger partial charge in [0.25, 0.3) is 5.69 Å². The zero-order valence-electron chi connectivity index (χ0n) is 11.2. The molecular formula is C13H15ClN2O4S. The Labute approximate surface area is 131 Å². The summed E-state index contributed by atoms with van der Waals surface area (Å²) >= 11 is 7.34. The van der Waals surface area contributed by atoms with Crippen molar-refractivity contribution in [3.8, 4) is 0 Å². The van der Waals surface area contributed by atoms with Crippen LogP contribution in [0.1, 0.15) is 19.3 Å². The Morgan fingerprint density at radius 1 is 1.43 bits per heavy atom. The van der Waals surface area contributed by atoms with Gasteiger partial charge in [0.05, 0.1) is 26.9 Å². The summed E-state index contributed by atoms with van der Waals surface area (Å²) in [5.41, 5.74) is 0.718. The summed E-state index contributed by atoms with van der Waals surface area (Å²) < 4.78 is 0. The first kappa shape index (κ1) is 15.9. The fourth-order valence-corrected chi connectivity index (χ4v) is 3.49. The number of hydrogen-bond donors (Lipinski definition) is 1. The molecule has 0 saturated carbocycles. The predicted molar refractivity (Wildman–Crippen MR) is 82.5 cm³/mol. The lowest BCUT2D eigenvalue weighted by atomic mass is 10.2. The highest BCUT2D eigenvalue weighted by Crippen LogP contribution is 2.39. The van der Waals surface area contributed by atoms with Gasteiger partial charge in [0.2, 0.25) is 0 Å². The van der Waals surface area contributed by atoms with E-state index in [9.17, 15) is 14.9 Å². The average molecular weight is 331 g/mol. The van der Waals surface area contributed by atoms with Crippen molar-refractivity contribution in [3.63, 3.8) is 0 Å². The molecule has 0 amide bonds. The zero-order chi connectivity index (χ0) is 15.4. The van der Waals surface area contributed by atoms with Crippen molar-refractivity contribution < 1.29 is 14.8 Å². The minimum Gasteiger partial charge on any atom is -0.481 e. The molecule has 0 atom stereocenters. The van der Waals surface area contributed by atoms with E-state index >= 15 is 0 Å². The fraction of sp³-hybridized carbons (Fsp3) is 0.462. The second kappa shape index (κ2) is 7.00. The van der Waals surface area contributed by atoms with Crippen molar-refractivity contribution in [1.82, 2.24) is 0 Å². The van der Waals surface area contributed by atoms with E-state index in [0.717, 1.165) is 31.6 Å². The van der Waals surface area contributed by atoms with Crippen LogP contribution in [0.25, 0.3) is 0 Å². The number of nitro benzene ring substituents is 1. The first-order valence-electron chi connectivity index (χ1n) is 6.56. The number of carbonyl (C=O) groups is 1. The number of halogens is 1. The second-order valence-corrected chi connectivity index (χ2v) is 6.26. The summed E-state index contributed by atoms with van der Waals surface area (Å²) in [4.78, 5) is 23.8. The van der Waals surface area contributed by atoms with Gasteiger partial charge in [0, 0.05) is 24.9 Å². The highest BCUT2D eigenvalue weighted by Gasteiger charge is 2.22. The van der Waals surface area contributed by atoms with Gasteiger partial charge in [-0.2, -0.15) is 0 Å². The van der Waals surface area contributed by atoms with Crippen LogP contribution in [0.3, 0.4) is 0 Å². The smallest absolute Gasteiger partial charge is 0.304 e. The van der Waals surface area contributed by atoms with E-state index in [2.05, 4.69) is 4.90 Å². The van der Waals surface area contributed by atoms with E-state index in [1.807, 2.05) is 0 Å². The number of nitro groups is 1. The monoisotopic (exact) mass is 330 g/mol. The number of aliphatic carboxylic acids is 1. The summed E-state index contributed by atoms with van der Waals surface area (Å²) in [7, 11) is 0. The number of nitrogens with zero attached hydrogens (tertiary/aromatic N) is 2. The van der Waals surface area contributed by atoms with Crippen LogP contribution < -0.4 is 4.90 Å². The Kier molecular flexibility index (Phi) is 5.30. The molecule has 0 bridgehead atoms. The molecule has 1 aromatic carbocycles. The molecule has 1 aliphatic heterocycles. The largest absolute Gasteiger partial charge is 0.481 e. The fourth-order valence-electron chi connectivity index (χ4n) is 2.24. The van der Waals surface area contributed by atoms with E-state index in [1.54, 1.807) is 6.07 Å². The Hall–Kier alpha value is -1.47. The van der Waals surface area contributed by atoms with Gasteiger partial charge in [-0.3, -0.25) is 14.9 Å². The van der Waals surface area contributed by atoms with Gasteiger partial charge in [0.15, 0.2) is 0 Å². The summed E-state index contributed by atoms with van der Waals surface area (Å²) in [5, 5.41) is 20.1. The van der Waals surface area contributed by atoms with Crippen LogP contribution in [0, 0.1) is 10.1 Å². The molecule has 0 unspecified atom stereocenters. The standard InChI is InChI=1S/C13H15ClN2O4S/c14-9-7-11(16(19)20)12(21-6-3-13(17)18)8-10(9)15-4-1-2-5-15/h7-8H,1-6H2,(H,17,18). The van der Waals surface area contributed by atoms with Crippen LogP contribution in [0.4, 0.5) is 11.4 Å². The van der Waals surface area contributed by atoms with E-state index in [0.29, 0.717) is 9.92 Å². The van der Waals surface area contributed by atoms with Gasteiger partial charge in [-0.05, 0) is 18.9 Å². The average Bonchev–Trinajstić information content (AvgIpc) is 2.93. The number of carboxylic acids is 1. The summed E-state index contributed by atoms with van der Waals surface area (Å²) in [5.74, 6) is -0.629. The molecule has 21 heavy (non-hydrogen) atoms. The minimum absolute atomic E-state index is 0.0382. The molecule has 2 rings (SSSR count). The number of rotatable bonds is 6. The molecule has 0 aromatic heterocycles. The van der Waals surface area contributed by atoms with Crippen LogP contribution in [0.15, 0.2) is 17.0 Å². The SMILES string of the molecule is O=C(O)CCSc1cc(N2CCCC2)c(Cl)cc1[N+](=O)[O-]. The van der Waals surface area contributed by atoms with Crippen LogP contribution >= 0.6 is 23.4 Å². The maximum absolute atomic E-state index is 11.1. The molecule has 6 nitrogen and oxygen atoms in total. The third-order valence-corrected chi connectivity index (χ3v) is 4.59. The lowest BCUT2D eigenvalue weighted by Crippen LogP contribution is -2.18. The van der Waals surface area contributed by atoms with E-state index in [1.165, 1.54) is 17.8 Å². The van der Waals surface area contributed by atoms with Crippen molar-refractivity contribution in [2.45, 2.75) is 24.2 Å². The normalized spacial score (nSPS) is 14.4. The first-order valence-corrected chi connectivity index (χ1v) is 7.93. The molecular weight excluding hydrogens is 316 g/mol. The van der Waals surface area contributed by atoms with Gasteiger partial charge in [-0.15, -0.1) is 11.8 Å².